The molecule has 3 fully saturated rings. The third-order valence-electron chi connectivity index (χ3n) is 6.88. The molecule has 0 aromatic rings. The van der Waals surface area contributed by atoms with Crippen LogP contribution in [-0.2, 0) is 4.79 Å². The zero-order valence-corrected chi connectivity index (χ0v) is 14.7. The van der Waals surface area contributed by atoms with Crippen LogP contribution in [0.25, 0.3) is 0 Å². The first-order valence-corrected chi connectivity index (χ1v) is 9.16. The molecule has 0 radical (unpaired) electrons. The van der Waals surface area contributed by atoms with Crippen molar-refractivity contribution in [3.63, 3.8) is 0 Å². The van der Waals surface area contributed by atoms with Gasteiger partial charge in [-0.3, -0.25) is 9.69 Å². The first-order chi connectivity index (χ1) is 9.13. The summed E-state index contributed by atoms with van der Waals surface area (Å²) in [6.45, 7) is 14.8. The lowest BCUT2D eigenvalue weighted by atomic mass is 9.90. The van der Waals surface area contributed by atoms with E-state index in [4.69, 9.17) is 0 Å². The molecule has 2 nitrogen and oxygen atoms in total. The number of ketones is 1. The van der Waals surface area contributed by atoms with Gasteiger partial charge in [-0.05, 0) is 38.0 Å². The van der Waals surface area contributed by atoms with Crippen molar-refractivity contribution in [3.05, 3.63) is 0 Å². The van der Waals surface area contributed by atoms with Crippen LogP contribution in [0.1, 0.15) is 54.4 Å². The molecule has 0 unspecified atom stereocenters. The van der Waals surface area contributed by atoms with Crippen LogP contribution in [0.2, 0.25) is 0 Å². The normalized spacial score (nSPS) is 38.2. The molecule has 2 saturated heterocycles. The maximum Gasteiger partial charge on any atom is 0.149 e. The molecule has 20 heavy (non-hydrogen) atoms. The minimum absolute atomic E-state index is 0.0930. The van der Waals surface area contributed by atoms with Gasteiger partial charge in [-0.2, -0.15) is 11.8 Å². The first kappa shape index (κ1) is 14.9. The Labute approximate surface area is 128 Å². The molecule has 0 aromatic carbocycles. The Bertz CT molecular complexity index is 446. The van der Waals surface area contributed by atoms with Gasteiger partial charge in [-0.15, -0.1) is 0 Å². The summed E-state index contributed by atoms with van der Waals surface area (Å²) < 4.78 is 0. The summed E-state index contributed by atoms with van der Waals surface area (Å²) >= 11 is 2.09. The van der Waals surface area contributed by atoms with E-state index in [1.165, 1.54) is 11.5 Å². The Balaban J connectivity index is 1.94. The smallest absolute Gasteiger partial charge is 0.149 e. The third-order valence-corrected chi connectivity index (χ3v) is 8.28. The predicted molar refractivity (Wildman–Crippen MR) is 86.1 cm³/mol. The van der Waals surface area contributed by atoms with Gasteiger partial charge in [0.2, 0.25) is 0 Å². The largest absolute Gasteiger partial charge is 0.298 e. The van der Waals surface area contributed by atoms with Crippen molar-refractivity contribution in [2.45, 2.75) is 66.0 Å². The molecule has 114 valence electrons. The van der Waals surface area contributed by atoms with Crippen molar-refractivity contribution >= 4 is 17.5 Å². The maximum absolute atomic E-state index is 12.5. The lowest BCUT2D eigenvalue weighted by Gasteiger charge is -2.36. The first-order valence-electron chi connectivity index (χ1n) is 8.00. The number of fused-ring (bicyclic) bond motifs is 1. The molecule has 3 rings (SSSR count). The van der Waals surface area contributed by atoms with Gasteiger partial charge in [-0.1, -0.05) is 20.8 Å². The number of carbonyl (C=O) groups excluding carboxylic acids is 1. The Morgan fingerprint density at radius 2 is 1.85 bits per heavy atom. The van der Waals surface area contributed by atoms with Crippen molar-refractivity contribution in [3.8, 4) is 0 Å². The number of likely N-dealkylation sites (tertiary alicyclic amines) is 1. The summed E-state index contributed by atoms with van der Waals surface area (Å²) in [6.07, 6.45) is 1.78. The van der Waals surface area contributed by atoms with E-state index >= 15 is 0 Å². The third kappa shape index (κ3) is 1.49. The molecule has 3 heteroatoms. The number of thioether (sulfide) groups is 1. The maximum atomic E-state index is 12.5. The van der Waals surface area contributed by atoms with Crippen molar-refractivity contribution in [1.82, 2.24) is 4.90 Å². The minimum atomic E-state index is 0.0930. The summed E-state index contributed by atoms with van der Waals surface area (Å²) in [7, 11) is 0. The highest BCUT2D eigenvalue weighted by Crippen LogP contribution is 2.86. The number of rotatable bonds is 2. The average Bonchev–Trinajstić information content (AvgIpc) is 2.58. The quantitative estimate of drug-likeness (QED) is 0.776. The van der Waals surface area contributed by atoms with Gasteiger partial charge < -0.3 is 0 Å². The molecule has 2 atom stereocenters. The molecule has 2 spiro atoms. The van der Waals surface area contributed by atoms with Gasteiger partial charge in [0.25, 0.3) is 0 Å². The van der Waals surface area contributed by atoms with Crippen LogP contribution >= 0.6 is 11.8 Å². The lowest BCUT2D eigenvalue weighted by molar-refractivity contribution is -0.124. The van der Waals surface area contributed by atoms with Gasteiger partial charge in [0, 0.05) is 35.4 Å². The Hall–Kier alpha value is -0.0200. The summed E-state index contributed by atoms with van der Waals surface area (Å²) in [5.74, 6) is 3.07. The van der Waals surface area contributed by atoms with E-state index in [1.54, 1.807) is 0 Å². The fraction of sp³-hybridized carbons (Fsp3) is 0.941. The molecule has 0 bridgehead atoms. The highest BCUT2D eigenvalue weighted by molar-refractivity contribution is 8.00. The molecule has 0 aromatic heterocycles. The number of hydrogen-bond donors (Lipinski definition) is 0. The Morgan fingerprint density at radius 3 is 2.20 bits per heavy atom. The van der Waals surface area contributed by atoms with Crippen LogP contribution in [0.4, 0.5) is 0 Å². The number of Topliss-reactive ketones (excluding diaryl/α,β-unsaturated/α-hetero) is 1. The van der Waals surface area contributed by atoms with Crippen LogP contribution < -0.4 is 0 Å². The van der Waals surface area contributed by atoms with Gasteiger partial charge >= 0.3 is 0 Å². The number of hydrogen-bond acceptors (Lipinski definition) is 3. The second-order valence-corrected chi connectivity index (χ2v) is 9.61. The van der Waals surface area contributed by atoms with Crippen molar-refractivity contribution in [1.29, 1.82) is 0 Å². The molecule has 0 amide bonds. The predicted octanol–water partition coefficient (Wildman–Crippen LogP) is 3.60. The van der Waals surface area contributed by atoms with Crippen molar-refractivity contribution in [2.75, 3.05) is 18.1 Å². The monoisotopic (exact) mass is 295 g/mol. The van der Waals surface area contributed by atoms with E-state index < -0.39 is 0 Å². The SMILES string of the molecule is CCC(=O)[C@@H]1C[C@]2(CN1C(C)(C)C)C(C)(C)C21CSC1. The fourth-order valence-electron chi connectivity index (χ4n) is 5.14. The molecule has 3 aliphatic rings. The van der Waals surface area contributed by atoms with Gasteiger partial charge in [-0.25, -0.2) is 0 Å². The molecular formula is C17H29NOS. The van der Waals surface area contributed by atoms with E-state index in [0.29, 0.717) is 28.4 Å². The molecule has 0 N–H and O–H groups in total. The topological polar surface area (TPSA) is 20.3 Å². The summed E-state index contributed by atoms with van der Waals surface area (Å²) in [6, 6.07) is 0.157. The average molecular weight is 295 g/mol. The lowest BCUT2D eigenvalue weighted by Crippen LogP contribution is -2.48. The van der Waals surface area contributed by atoms with Crippen LogP contribution in [-0.4, -0.2) is 40.3 Å². The molecule has 1 saturated carbocycles. The number of nitrogens with zero attached hydrogens (tertiary/aromatic N) is 1. The van der Waals surface area contributed by atoms with E-state index in [1.807, 2.05) is 6.92 Å². The van der Waals surface area contributed by atoms with E-state index in [2.05, 4.69) is 51.3 Å². The van der Waals surface area contributed by atoms with Crippen LogP contribution in [0, 0.1) is 16.2 Å². The van der Waals surface area contributed by atoms with Gasteiger partial charge in [0.05, 0.1) is 6.04 Å². The number of carbonyl (C=O) groups is 1. The van der Waals surface area contributed by atoms with Crippen LogP contribution in [0.3, 0.4) is 0 Å². The van der Waals surface area contributed by atoms with Crippen LogP contribution in [0.15, 0.2) is 0 Å². The fourth-order valence-corrected chi connectivity index (χ4v) is 7.02. The van der Waals surface area contributed by atoms with E-state index in [0.717, 1.165) is 13.0 Å². The molecule has 2 aliphatic heterocycles. The summed E-state index contributed by atoms with van der Waals surface area (Å²) in [5, 5.41) is 0. The minimum Gasteiger partial charge on any atom is -0.298 e. The molecular weight excluding hydrogens is 266 g/mol. The summed E-state index contributed by atoms with van der Waals surface area (Å²) in [5.41, 5.74) is 1.43. The van der Waals surface area contributed by atoms with E-state index in [9.17, 15) is 4.79 Å². The van der Waals surface area contributed by atoms with Crippen molar-refractivity contribution in [2.24, 2.45) is 16.2 Å². The zero-order valence-electron chi connectivity index (χ0n) is 13.9. The second kappa shape index (κ2) is 4.04. The summed E-state index contributed by atoms with van der Waals surface area (Å²) in [4.78, 5) is 15.0. The zero-order chi connectivity index (χ0) is 15.0. The van der Waals surface area contributed by atoms with Gasteiger partial charge in [0.1, 0.15) is 5.78 Å². The molecule has 1 aliphatic carbocycles. The highest BCUT2D eigenvalue weighted by atomic mass is 32.2. The highest BCUT2D eigenvalue weighted by Gasteiger charge is 2.85. The van der Waals surface area contributed by atoms with E-state index in [-0.39, 0.29) is 11.6 Å². The Morgan fingerprint density at radius 1 is 1.25 bits per heavy atom. The van der Waals surface area contributed by atoms with Crippen LogP contribution in [0.5, 0.6) is 0 Å². The van der Waals surface area contributed by atoms with Crippen molar-refractivity contribution < 1.29 is 4.79 Å². The molecule has 2 heterocycles. The standard InChI is InChI=1S/C17H29NOS/c1-7-13(19)12-8-16(9-18(12)14(2,3)4)15(5,6)17(16)10-20-11-17/h12H,7-11H2,1-6H3/t12-,16-/m0/s1. The second-order valence-electron chi connectivity index (χ2n) is 8.62. The Kier molecular flexibility index (Phi) is 3.01. The van der Waals surface area contributed by atoms with Gasteiger partial charge in [0.15, 0.2) is 0 Å².